The molecule has 0 aliphatic carbocycles. The summed E-state index contributed by atoms with van der Waals surface area (Å²) in [6.07, 6.45) is 1.00. The van der Waals surface area contributed by atoms with Gasteiger partial charge in [0, 0.05) is 18.7 Å². The molecule has 80 valence electrons. The summed E-state index contributed by atoms with van der Waals surface area (Å²) in [5.74, 6) is -6.31. The van der Waals surface area contributed by atoms with Gasteiger partial charge in [-0.05, 0) is 12.1 Å². The Bertz CT molecular complexity index is 412. The predicted octanol–water partition coefficient (Wildman–Crippen LogP) is 1.62. The number of ketones is 1. The van der Waals surface area contributed by atoms with Crippen LogP contribution in [0.2, 0.25) is 0 Å². The van der Waals surface area contributed by atoms with Crippen LogP contribution in [0.25, 0.3) is 0 Å². The van der Waals surface area contributed by atoms with Crippen LogP contribution in [0.5, 0.6) is 0 Å². The molecule has 0 bridgehead atoms. The molecule has 15 heavy (non-hydrogen) atoms. The molecule has 0 saturated heterocycles. The summed E-state index contributed by atoms with van der Waals surface area (Å²) in [4.78, 5) is 24.9. The Labute approximate surface area is 83.6 Å². The number of hydrogen-bond acceptors (Lipinski definition) is 3. The lowest BCUT2D eigenvalue weighted by Crippen LogP contribution is -2.24. The van der Waals surface area contributed by atoms with Gasteiger partial charge in [-0.1, -0.05) is 0 Å². The van der Waals surface area contributed by atoms with Gasteiger partial charge in [0.1, 0.15) is 5.69 Å². The normalized spacial score (nSPS) is 11.1. The quantitative estimate of drug-likeness (QED) is 0.778. The topological polar surface area (TPSA) is 67.3 Å². The van der Waals surface area contributed by atoms with Crippen LogP contribution >= 0.6 is 0 Å². The zero-order chi connectivity index (χ0) is 11.6. The van der Waals surface area contributed by atoms with Crippen molar-refractivity contribution in [3.63, 3.8) is 0 Å². The molecule has 0 amide bonds. The van der Waals surface area contributed by atoms with Crippen molar-refractivity contribution in [2.45, 2.75) is 12.8 Å². The number of Topliss-reactive ketones (excluding diaryl/α,β-unsaturated/α-hetero) is 1. The van der Waals surface area contributed by atoms with Crippen molar-refractivity contribution >= 4 is 11.8 Å². The summed E-state index contributed by atoms with van der Waals surface area (Å²) < 4.78 is 25.2. The van der Waals surface area contributed by atoms with Crippen molar-refractivity contribution in [3.8, 4) is 0 Å². The van der Waals surface area contributed by atoms with Crippen molar-refractivity contribution < 1.29 is 23.5 Å². The minimum absolute atomic E-state index is 0.366. The van der Waals surface area contributed by atoms with Crippen molar-refractivity contribution in [3.05, 3.63) is 29.6 Å². The molecule has 1 aromatic rings. The molecule has 1 N–H and O–H groups in total. The fourth-order valence-electron chi connectivity index (χ4n) is 0.942. The zero-order valence-corrected chi connectivity index (χ0v) is 7.70. The van der Waals surface area contributed by atoms with Gasteiger partial charge in [0.15, 0.2) is 0 Å². The predicted molar refractivity (Wildman–Crippen MR) is 46.1 cm³/mol. The average Bonchev–Trinajstić information content (AvgIpc) is 2.15. The number of aromatic carboxylic acids is 1. The number of halogens is 2. The first-order chi connectivity index (χ1) is 6.82. The highest BCUT2D eigenvalue weighted by molar-refractivity contribution is 6.02. The first-order valence-electron chi connectivity index (χ1n) is 3.94. The molecule has 6 heteroatoms. The van der Waals surface area contributed by atoms with Gasteiger partial charge in [-0.15, -0.1) is 0 Å². The second-order valence-electron chi connectivity index (χ2n) is 2.95. The van der Waals surface area contributed by atoms with Gasteiger partial charge >= 0.3 is 11.9 Å². The Balaban J connectivity index is 3.12. The lowest BCUT2D eigenvalue weighted by Gasteiger charge is -2.08. The van der Waals surface area contributed by atoms with Crippen molar-refractivity contribution in [1.82, 2.24) is 4.98 Å². The maximum atomic E-state index is 12.6. The summed E-state index contributed by atoms with van der Waals surface area (Å²) in [6, 6.07) is 1.87. The van der Waals surface area contributed by atoms with Gasteiger partial charge in [0.2, 0.25) is 5.78 Å². The lowest BCUT2D eigenvalue weighted by molar-refractivity contribution is 0.0221. The largest absolute Gasteiger partial charge is 0.477 e. The Kier molecular flexibility index (Phi) is 2.78. The number of rotatable bonds is 3. The molecule has 0 radical (unpaired) electrons. The third kappa shape index (κ3) is 2.55. The lowest BCUT2D eigenvalue weighted by atomic mass is 10.1. The summed E-state index contributed by atoms with van der Waals surface area (Å²) in [5, 5.41) is 8.53. The number of nitrogens with zero attached hydrogens (tertiary/aromatic N) is 1. The van der Waals surface area contributed by atoms with E-state index in [0.717, 1.165) is 18.3 Å². The summed E-state index contributed by atoms with van der Waals surface area (Å²) >= 11 is 0. The highest BCUT2D eigenvalue weighted by Gasteiger charge is 2.33. The Morgan fingerprint density at radius 3 is 2.53 bits per heavy atom. The summed E-state index contributed by atoms with van der Waals surface area (Å²) in [6.45, 7) is 0.455. The van der Waals surface area contributed by atoms with E-state index >= 15 is 0 Å². The Hall–Kier alpha value is -1.85. The van der Waals surface area contributed by atoms with Crippen LogP contribution in [0.15, 0.2) is 18.3 Å². The number of aromatic nitrogens is 1. The smallest absolute Gasteiger partial charge is 0.354 e. The van der Waals surface area contributed by atoms with Gasteiger partial charge in [0.25, 0.3) is 0 Å². The Morgan fingerprint density at radius 1 is 1.47 bits per heavy atom. The van der Waals surface area contributed by atoms with Crippen molar-refractivity contribution in [2.75, 3.05) is 0 Å². The fourth-order valence-corrected chi connectivity index (χ4v) is 0.942. The molecule has 1 aromatic heterocycles. The molecule has 0 aromatic carbocycles. The van der Waals surface area contributed by atoms with Crippen LogP contribution in [0.1, 0.15) is 27.8 Å². The van der Waals surface area contributed by atoms with E-state index in [4.69, 9.17) is 5.11 Å². The van der Waals surface area contributed by atoms with E-state index in [9.17, 15) is 18.4 Å². The number of alkyl halides is 2. The molecule has 1 rings (SSSR count). The van der Waals surface area contributed by atoms with Crippen LogP contribution in [-0.2, 0) is 0 Å². The standard InChI is InChI=1S/C9H7F2NO3/c1-9(10,11)7(13)5-2-3-12-6(4-5)8(14)15/h2-4H,1H3,(H,14,15). The van der Waals surface area contributed by atoms with E-state index in [1.807, 2.05) is 0 Å². The van der Waals surface area contributed by atoms with Gasteiger partial charge < -0.3 is 5.11 Å². The third-order valence-electron chi connectivity index (χ3n) is 1.64. The number of carbonyl (C=O) groups is 2. The summed E-state index contributed by atoms with van der Waals surface area (Å²) in [5.41, 5.74) is -0.806. The van der Waals surface area contributed by atoms with Crippen LogP contribution in [0, 0.1) is 0 Å². The zero-order valence-electron chi connectivity index (χ0n) is 7.70. The monoisotopic (exact) mass is 215 g/mol. The molecule has 0 spiro atoms. The minimum atomic E-state index is -3.52. The van der Waals surface area contributed by atoms with Gasteiger partial charge in [-0.2, -0.15) is 8.78 Å². The second-order valence-corrected chi connectivity index (χ2v) is 2.95. The van der Waals surface area contributed by atoms with E-state index in [2.05, 4.69) is 4.98 Å². The minimum Gasteiger partial charge on any atom is -0.477 e. The van der Waals surface area contributed by atoms with E-state index in [1.165, 1.54) is 0 Å². The van der Waals surface area contributed by atoms with E-state index in [1.54, 1.807) is 0 Å². The van der Waals surface area contributed by atoms with Crippen LogP contribution < -0.4 is 0 Å². The molecule has 0 aliphatic heterocycles. The van der Waals surface area contributed by atoms with Crippen molar-refractivity contribution in [1.29, 1.82) is 0 Å². The maximum absolute atomic E-state index is 12.6. The molecule has 0 fully saturated rings. The van der Waals surface area contributed by atoms with Gasteiger partial charge in [-0.25, -0.2) is 9.78 Å². The molecule has 1 heterocycles. The Morgan fingerprint density at radius 2 is 2.07 bits per heavy atom. The van der Waals surface area contributed by atoms with Crippen molar-refractivity contribution in [2.24, 2.45) is 0 Å². The van der Waals surface area contributed by atoms with E-state index in [-0.39, 0.29) is 5.56 Å². The molecule has 0 unspecified atom stereocenters. The SMILES string of the molecule is CC(F)(F)C(=O)c1ccnc(C(=O)O)c1. The van der Waals surface area contributed by atoms with E-state index in [0.29, 0.717) is 6.92 Å². The molecule has 4 nitrogen and oxygen atoms in total. The maximum Gasteiger partial charge on any atom is 0.354 e. The average molecular weight is 215 g/mol. The molecular formula is C9H7F2NO3. The van der Waals surface area contributed by atoms with Gasteiger partial charge in [-0.3, -0.25) is 4.79 Å². The molecule has 0 saturated carbocycles. The van der Waals surface area contributed by atoms with Crippen LogP contribution in [-0.4, -0.2) is 27.8 Å². The highest BCUT2D eigenvalue weighted by atomic mass is 19.3. The number of carbonyl (C=O) groups excluding carboxylic acids is 1. The first kappa shape index (κ1) is 11.2. The second kappa shape index (κ2) is 3.72. The van der Waals surface area contributed by atoms with Crippen LogP contribution in [0.4, 0.5) is 8.78 Å². The third-order valence-corrected chi connectivity index (χ3v) is 1.64. The number of pyridine rings is 1. The number of carboxylic acids is 1. The molecular weight excluding hydrogens is 208 g/mol. The molecule has 0 atom stereocenters. The van der Waals surface area contributed by atoms with Crippen LogP contribution in [0.3, 0.4) is 0 Å². The molecule has 0 aliphatic rings. The number of carboxylic acid groups (broad SMARTS) is 1. The summed E-state index contributed by atoms with van der Waals surface area (Å²) in [7, 11) is 0. The highest BCUT2D eigenvalue weighted by Crippen LogP contribution is 2.19. The van der Waals surface area contributed by atoms with Gasteiger partial charge in [0.05, 0.1) is 0 Å². The number of hydrogen-bond donors (Lipinski definition) is 1. The van der Waals surface area contributed by atoms with E-state index < -0.39 is 23.4 Å². The first-order valence-corrected chi connectivity index (χ1v) is 3.94. The fraction of sp³-hybridized carbons (Fsp3) is 0.222.